The Morgan fingerprint density at radius 1 is 1.04 bits per heavy atom. The summed E-state index contributed by atoms with van der Waals surface area (Å²) in [7, 11) is 0. The summed E-state index contributed by atoms with van der Waals surface area (Å²) in [6.45, 7) is 7.82. The van der Waals surface area contributed by atoms with Crippen molar-refractivity contribution in [2.45, 2.75) is 65.3 Å². The van der Waals surface area contributed by atoms with E-state index in [1.807, 2.05) is 39.0 Å². The molecule has 236 valence electrons. The molecular weight excluding hydrogens is 603 g/mol. The van der Waals surface area contributed by atoms with Gasteiger partial charge in [-0.15, -0.1) is 21.5 Å². The Morgan fingerprint density at radius 3 is 2.52 bits per heavy atom. The molecule has 0 radical (unpaired) electrons. The van der Waals surface area contributed by atoms with E-state index in [-0.39, 0.29) is 41.1 Å². The summed E-state index contributed by atoms with van der Waals surface area (Å²) in [4.78, 5) is 37.4. The second-order valence-electron chi connectivity index (χ2n) is 12.1. The van der Waals surface area contributed by atoms with Crippen molar-refractivity contribution in [3.05, 3.63) is 105 Å². The lowest BCUT2D eigenvalue weighted by Gasteiger charge is -2.21. The lowest BCUT2D eigenvalue weighted by molar-refractivity contribution is 0.0939. The Labute approximate surface area is 270 Å². The smallest absolute Gasteiger partial charge is 0.261 e. The Kier molecular flexibility index (Phi) is 8.77. The van der Waals surface area contributed by atoms with E-state index in [0.717, 1.165) is 29.7 Å². The van der Waals surface area contributed by atoms with Gasteiger partial charge in [-0.3, -0.25) is 19.6 Å². The number of primary amides is 1. The van der Waals surface area contributed by atoms with Crippen molar-refractivity contribution in [1.82, 2.24) is 25.5 Å². The van der Waals surface area contributed by atoms with Crippen LogP contribution in [0.3, 0.4) is 0 Å². The molecule has 2 amide bonds. The molecule has 4 heterocycles. The molecule has 11 heteroatoms. The maximum atomic E-state index is 13.7. The van der Waals surface area contributed by atoms with Crippen molar-refractivity contribution < 1.29 is 18.4 Å². The van der Waals surface area contributed by atoms with Gasteiger partial charge in [-0.2, -0.15) is 0 Å². The third-order valence-electron chi connectivity index (χ3n) is 8.23. The fourth-order valence-electron chi connectivity index (χ4n) is 6.10. The molecule has 0 aliphatic heterocycles. The van der Waals surface area contributed by atoms with E-state index in [0.29, 0.717) is 51.0 Å². The highest BCUT2D eigenvalue weighted by molar-refractivity contribution is 7.17. The van der Waals surface area contributed by atoms with Gasteiger partial charge in [0.05, 0.1) is 33.4 Å². The first kappa shape index (κ1) is 31.2. The van der Waals surface area contributed by atoms with E-state index >= 15 is 0 Å². The molecular formula is C35H35FN6O3S. The number of pyridine rings is 2. The second kappa shape index (κ2) is 12.9. The average molecular weight is 639 g/mol. The monoisotopic (exact) mass is 638 g/mol. The second-order valence-corrected chi connectivity index (χ2v) is 13.2. The summed E-state index contributed by atoms with van der Waals surface area (Å²) in [5.74, 6) is -0.500. The molecule has 1 aliphatic carbocycles. The van der Waals surface area contributed by atoms with E-state index in [4.69, 9.17) is 15.1 Å². The Bertz CT molecular complexity index is 1920. The van der Waals surface area contributed by atoms with Crippen molar-refractivity contribution in [3.8, 4) is 21.9 Å². The number of nitrogens with two attached hydrogens (primary N) is 1. The van der Waals surface area contributed by atoms with Crippen molar-refractivity contribution in [2.24, 2.45) is 11.7 Å². The molecule has 0 bridgehead atoms. The Morgan fingerprint density at radius 2 is 1.83 bits per heavy atom. The number of hydrogen-bond donors (Lipinski definition) is 2. The molecule has 4 aromatic heterocycles. The molecule has 5 aromatic rings. The minimum atomic E-state index is -0.636. The number of carbonyl (C=O) groups excluding carboxylic acids is 2. The van der Waals surface area contributed by atoms with Crippen molar-refractivity contribution in [1.29, 1.82) is 0 Å². The number of amides is 2. The number of benzene rings is 1. The first-order valence-corrected chi connectivity index (χ1v) is 16.2. The predicted octanol–water partition coefficient (Wildman–Crippen LogP) is 6.76. The zero-order valence-corrected chi connectivity index (χ0v) is 27.0. The standard InChI is InChI=1S/C35H35FN6O3S/c1-18(2)16-26-30(33(37)43)32(28-13-14-29(46-28)34(44)40-25-12-11-24-23(25)6-5-15-38-24)31(35-42-41-20(4)45-35)27(39-26)17-19(3)21-7-9-22(36)10-8-21/h5-10,13-15,18-19,25H,11-12,16-17H2,1-4H3,(H2,37,43)(H,40,44)/t19-,25-/m0/s1. The van der Waals surface area contributed by atoms with Crippen molar-refractivity contribution in [3.63, 3.8) is 0 Å². The number of nitrogens with zero attached hydrogens (tertiary/aromatic N) is 4. The van der Waals surface area contributed by atoms with Crippen LogP contribution in [0.2, 0.25) is 0 Å². The quantitative estimate of drug-likeness (QED) is 0.172. The minimum absolute atomic E-state index is 0.0662. The van der Waals surface area contributed by atoms with Gasteiger partial charge in [0, 0.05) is 29.3 Å². The van der Waals surface area contributed by atoms with Crippen molar-refractivity contribution in [2.75, 3.05) is 0 Å². The topological polar surface area (TPSA) is 137 Å². The number of aromatic nitrogens is 4. The average Bonchev–Trinajstić information content (AvgIpc) is 3.77. The third-order valence-corrected chi connectivity index (χ3v) is 9.33. The number of hydrogen-bond acceptors (Lipinski definition) is 8. The summed E-state index contributed by atoms with van der Waals surface area (Å²) in [5, 5.41) is 11.6. The number of carbonyl (C=O) groups is 2. The van der Waals surface area contributed by atoms with E-state index in [2.05, 4.69) is 20.5 Å². The van der Waals surface area contributed by atoms with Crippen LogP contribution in [-0.4, -0.2) is 32.0 Å². The first-order chi connectivity index (χ1) is 22.1. The molecule has 0 spiro atoms. The number of fused-ring (bicyclic) bond motifs is 1. The van der Waals surface area contributed by atoms with E-state index in [1.165, 1.54) is 23.5 Å². The van der Waals surface area contributed by atoms with E-state index < -0.39 is 5.91 Å². The highest BCUT2D eigenvalue weighted by Crippen LogP contribution is 2.43. The van der Waals surface area contributed by atoms with Crippen LogP contribution in [0, 0.1) is 18.7 Å². The van der Waals surface area contributed by atoms with Crippen LogP contribution < -0.4 is 11.1 Å². The van der Waals surface area contributed by atoms with Gasteiger partial charge in [-0.05, 0) is 79.0 Å². The highest BCUT2D eigenvalue weighted by Gasteiger charge is 2.31. The van der Waals surface area contributed by atoms with Gasteiger partial charge in [-0.25, -0.2) is 4.39 Å². The summed E-state index contributed by atoms with van der Waals surface area (Å²) in [6.07, 6.45) is 4.29. The molecule has 0 saturated carbocycles. The zero-order valence-electron chi connectivity index (χ0n) is 26.1. The maximum absolute atomic E-state index is 13.7. The lowest BCUT2D eigenvalue weighted by Crippen LogP contribution is -2.26. The number of aryl methyl sites for hydroxylation is 2. The van der Waals surface area contributed by atoms with Crippen LogP contribution in [0.15, 0.2) is 59.1 Å². The maximum Gasteiger partial charge on any atom is 0.261 e. The molecule has 1 aliphatic rings. The molecule has 1 aromatic carbocycles. The number of nitrogens with one attached hydrogen (secondary N) is 1. The molecule has 2 atom stereocenters. The Balaban J connectivity index is 1.48. The van der Waals surface area contributed by atoms with Crippen LogP contribution in [0.5, 0.6) is 0 Å². The van der Waals surface area contributed by atoms with Gasteiger partial charge in [0.25, 0.3) is 11.8 Å². The van der Waals surface area contributed by atoms with E-state index in [1.54, 1.807) is 31.3 Å². The molecule has 3 N–H and O–H groups in total. The van der Waals surface area contributed by atoms with Gasteiger partial charge in [-0.1, -0.05) is 39.0 Å². The number of thiophene rings is 1. The number of halogens is 1. The molecule has 46 heavy (non-hydrogen) atoms. The van der Waals surface area contributed by atoms with Crippen LogP contribution in [0.25, 0.3) is 21.9 Å². The van der Waals surface area contributed by atoms with E-state index in [9.17, 15) is 14.0 Å². The van der Waals surface area contributed by atoms with Gasteiger partial charge < -0.3 is 15.5 Å². The molecule has 0 unspecified atom stereocenters. The van der Waals surface area contributed by atoms with Crippen LogP contribution in [0.4, 0.5) is 4.39 Å². The largest absolute Gasteiger partial charge is 0.421 e. The normalized spacial score (nSPS) is 14.8. The van der Waals surface area contributed by atoms with Crippen LogP contribution in [-0.2, 0) is 19.3 Å². The zero-order chi connectivity index (χ0) is 32.5. The lowest BCUT2D eigenvalue weighted by atomic mass is 9.88. The van der Waals surface area contributed by atoms with Crippen LogP contribution >= 0.6 is 11.3 Å². The highest BCUT2D eigenvalue weighted by atomic mass is 32.1. The fourth-order valence-corrected chi connectivity index (χ4v) is 7.06. The van der Waals surface area contributed by atoms with Crippen molar-refractivity contribution >= 4 is 23.2 Å². The number of rotatable bonds is 10. The van der Waals surface area contributed by atoms with Gasteiger partial charge >= 0.3 is 0 Å². The Hall–Kier alpha value is -4.77. The SMILES string of the molecule is Cc1nnc(-c2c(C[C@H](C)c3ccc(F)cc3)nc(CC(C)C)c(C(N)=O)c2-c2ccc(C(=O)N[C@H]3CCc4ncccc43)s2)o1. The first-order valence-electron chi connectivity index (χ1n) is 15.3. The molecule has 6 rings (SSSR count). The fraction of sp³-hybridized carbons (Fsp3) is 0.314. The predicted molar refractivity (Wildman–Crippen MR) is 174 cm³/mol. The van der Waals surface area contributed by atoms with Gasteiger partial charge in [0.15, 0.2) is 0 Å². The molecule has 0 fully saturated rings. The minimum Gasteiger partial charge on any atom is -0.421 e. The third kappa shape index (κ3) is 6.32. The molecule has 9 nitrogen and oxygen atoms in total. The van der Waals surface area contributed by atoms with Crippen LogP contribution in [0.1, 0.15) is 93.3 Å². The summed E-state index contributed by atoms with van der Waals surface area (Å²) < 4.78 is 19.7. The van der Waals surface area contributed by atoms with Gasteiger partial charge in [0.1, 0.15) is 5.82 Å². The summed E-state index contributed by atoms with van der Waals surface area (Å²) >= 11 is 1.26. The summed E-state index contributed by atoms with van der Waals surface area (Å²) in [6, 6.07) is 13.7. The molecule has 0 saturated heterocycles. The van der Waals surface area contributed by atoms with Gasteiger partial charge in [0.2, 0.25) is 11.8 Å². The summed E-state index contributed by atoms with van der Waals surface area (Å²) in [5.41, 5.74) is 11.6.